The number of alkyl halides is 3. The zero-order chi connectivity index (χ0) is 12.9. The van der Waals surface area contributed by atoms with Gasteiger partial charge in [0.25, 0.3) is 0 Å². The highest BCUT2D eigenvalue weighted by molar-refractivity contribution is 6.31. The minimum atomic E-state index is -4.75. The third-order valence-corrected chi connectivity index (χ3v) is 1.88. The summed E-state index contributed by atoms with van der Waals surface area (Å²) in [5, 5.41) is 8.29. The van der Waals surface area contributed by atoms with E-state index in [0.29, 0.717) is 5.56 Å². The second kappa shape index (κ2) is 5.47. The van der Waals surface area contributed by atoms with E-state index < -0.39 is 12.1 Å². The van der Waals surface area contributed by atoms with Gasteiger partial charge < -0.3 is 4.74 Å². The van der Waals surface area contributed by atoms with Gasteiger partial charge in [0.2, 0.25) is 0 Å². The van der Waals surface area contributed by atoms with Crippen LogP contribution in [0.15, 0.2) is 18.2 Å². The van der Waals surface area contributed by atoms with Crippen LogP contribution in [0.25, 0.3) is 0 Å². The molecule has 0 heterocycles. The van der Waals surface area contributed by atoms with Crippen LogP contribution in [0, 0.1) is 23.2 Å². The molecule has 1 rings (SSSR count). The number of hydrogen-bond donors (Lipinski definition) is 0. The lowest BCUT2D eigenvalue weighted by Crippen LogP contribution is -2.17. The van der Waals surface area contributed by atoms with Crippen LogP contribution in [0.3, 0.4) is 0 Å². The number of hydrogen-bond acceptors (Lipinski definition) is 2. The highest BCUT2D eigenvalue weighted by Gasteiger charge is 2.31. The Bertz CT molecular complexity index is 508. The molecular formula is C11H5ClF3NO. The van der Waals surface area contributed by atoms with Crippen molar-refractivity contribution in [2.45, 2.75) is 12.8 Å². The first-order chi connectivity index (χ1) is 7.92. The molecule has 0 radical (unpaired) electrons. The summed E-state index contributed by atoms with van der Waals surface area (Å²) in [5.41, 5.74) is 0.344. The van der Waals surface area contributed by atoms with E-state index in [1.165, 1.54) is 6.07 Å². The number of benzene rings is 1. The van der Waals surface area contributed by atoms with Crippen LogP contribution >= 0.6 is 11.6 Å². The summed E-state index contributed by atoms with van der Waals surface area (Å²) in [4.78, 5) is 0. The Balaban J connectivity index is 2.89. The summed E-state index contributed by atoms with van der Waals surface area (Å²) in [7, 11) is 0. The van der Waals surface area contributed by atoms with Crippen molar-refractivity contribution in [1.82, 2.24) is 0 Å². The molecule has 0 aliphatic carbocycles. The molecule has 2 nitrogen and oxygen atoms in total. The Hall–Kier alpha value is -1.85. The molecule has 17 heavy (non-hydrogen) atoms. The lowest BCUT2D eigenvalue weighted by molar-refractivity contribution is -0.274. The smallest absolute Gasteiger partial charge is 0.406 e. The summed E-state index contributed by atoms with van der Waals surface area (Å²) in [6.07, 6.45) is -4.73. The first-order valence-electron chi connectivity index (χ1n) is 4.33. The maximum absolute atomic E-state index is 11.9. The maximum Gasteiger partial charge on any atom is 0.573 e. The van der Waals surface area contributed by atoms with Crippen molar-refractivity contribution >= 4 is 11.6 Å². The van der Waals surface area contributed by atoms with Crippen molar-refractivity contribution in [3.8, 4) is 23.7 Å². The Labute approximate surface area is 101 Å². The maximum atomic E-state index is 11.9. The SMILES string of the molecule is N#CCC#Cc1ccc(OC(F)(F)F)cc1Cl. The van der Waals surface area contributed by atoms with Gasteiger partial charge >= 0.3 is 6.36 Å². The topological polar surface area (TPSA) is 33.0 Å². The predicted molar refractivity (Wildman–Crippen MR) is 55.2 cm³/mol. The molecule has 1 aromatic carbocycles. The van der Waals surface area contributed by atoms with Crippen molar-refractivity contribution in [2.75, 3.05) is 0 Å². The fraction of sp³-hybridized carbons (Fsp3) is 0.182. The molecule has 88 valence electrons. The van der Waals surface area contributed by atoms with Gasteiger partial charge in [0.05, 0.1) is 17.5 Å². The van der Waals surface area contributed by atoms with Gasteiger partial charge in [-0.25, -0.2) is 0 Å². The number of nitriles is 1. The van der Waals surface area contributed by atoms with Crippen LogP contribution in [0.1, 0.15) is 12.0 Å². The Morgan fingerprint density at radius 3 is 2.59 bits per heavy atom. The van der Waals surface area contributed by atoms with Crippen LogP contribution in [0.4, 0.5) is 13.2 Å². The largest absolute Gasteiger partial charge is 0.573 e. The van der Waals surface area contributed by atoms with Crippen molar-refractivity contribution in [2.24, 2.45) is 0 Å². The van der Waals surface area contributed by atoms with Crippen molar-refractivity contribution in [3.05, 3.63) is 28.8 Å². The van der Waals surface area contributed by atoms with Crippen LogP contribution in [0.2, 0.25) is 5.02 Å². The van der Waals surface area contributed by atoms with Crippen LogP contribution in [-0.4, -0.2) is 6.36 Å². The molecule has 0 aliphatic rings. The van der Waals surface area contributed by atoms with Gasteiger partial charge in [-0.2, -0.15) is 5.26 Å². The monoisotopic (exact) mass is 259 g/mol. The van der Waals surface area contributed by atoms with Gasteiger partial charge in [-0.1, -0.05) is 23.4 Å². The van der Waals surface area contributed by atoms with Crippen LogP contribution in [0.5, 0.6) is 5.75 Å². The normalized spacial score (nSPS) is 10.1. The molecule has 0 bridgehead atoms. The van der Waals surface area contributed by atoms with Gasteiger partial charge in [-0.05, 0) is 12.1 Å². The summed E-state index contributed by atoms with van der Waals surface area (Å²) in [6, 6.07) is 5.24. The summed E-state index contributed by atoms with van der Waals surface area (Å²) in [5.74, 6) is 4.65. The number of rotatable bonds is 1. The molecule has 0 aliphatic heterocycles. The van der Waals surface area contributed by atoms with E-state index in [1.807, 2.05) is 6.07 Å². The van der Waals surface area contributed by atoms with E-state index in [9.17, 15) is 13.2 Å². The molecule has 1 aromatic rings. The Morgan fingerprint density at radius 2 is 2.06 bits per heavy atom. The fourth-order valence-electron chi connectivity index (χ4n) is 0.973. The van der Waals surface area contributed by atoms with E-state index in [2.05, 4.69) is 16.6 Å². The third-order valence-electron chi connectivity index (χ3n) is 1.56. The molecule has 0 saturated carbocycles. The van der Waals surface area contributed by atoms with Gasteiger partial charge in [0.15, 0.2) is 0 Å². The minimum Gasteiger partial charge on any atom is -0.406 e. The van der Waals surface area contributed by atoms with Crippen LogP contribution < -0.4 is 4.74 Å². The molecule has 0 aromatic heterocycles. The molecule has 0 atom stereocenters. The van der Waals surface area contributed by atoms with Crippen molar-refractivity contribution in [3.63, 3.8) is 0 Å². The molecule has 0 N–H and O–H groups in total. The molecule has 6 heteroatoms. The molecular weight excluding hydrogens is 255 g/mol. The summed E-state index contributed by atoms with van der Waals surface area (Å²) >= 11 is 5.70. The lowest BCUT2D eigenvalue weighted by Gasteiger charge is -2.09. The van der Waals surface area contributed by atoms with Crippen molar-refractivity contribution < 1.29 is 17.9 Å². The zero-order valence-corrected chi connectivity index (χ0v) is 9.06. The van der Waals surface area contributed by atoms with E-state index in [0.717, 1.165) is 12.1 Å². The van der Waals surface area contributed by atoms with Gasteiger partial charge in [0.1, 0.15) is 5.75 Å². The quantitative estimate of drug-likeness (QED) is 0.723. The lowest BCUT2D eigenvalue weighted by atomic mass is 10.2. The second-order valence-corrected chi connectivity index (χ2v) is 3.23. The van der Waals surface area contributed by atoms with Crippen molar-refractivity contribution in [1.29, 1.82) is 5.26 Å². The van der Waals surface area contributed by atoms with Gasteiger partial charge in [-0.3, -0.25) is 0 Å². The second-order valence-electron chi connectivity index (χ2n) is 2.83. The third kappa shape index (κ3) is 4.67. The van der Waals surface area contributed by atoms with E-state index in [4.69, 9.17) is 16.9 Å². The Morgan fingerprint density at radius 1 is 1.35 bits per heavy atom. The first-order valence-corrected chi connectivity index (χ1v) is 4.71. The van der Waals surface area contributed by atoms with E-state index in [-0.39, 0.29) is 11.4 Å². The molecule has 0 saturated heterocycles. The predicted octanol–water partition coefficient (Wildman–Crippen LogP) is 3.50. The van der Waals surface area contributed by atoms with E-state index >= 15 is 0 Å². The molecule has 0 spiro atoms. The summed E-state index contributed by atoms with van der Waals surface area (Å²) in [6.45, 7) is 0. The first kappa shape index (κ1) is 13.2. The minimum absolute atomic E-state index is 0.0249. The summed E-state index contributed by atoms with van der Waals surface area (Å²) < 4.78 is 39.4. The van der Waals surface area contributed by atoms with E-state index in [1.54, 1.807) is 0 Å². The standard InChI is InChI=1S/C11H5ClF3NO/c12-10-7-9(17-11(13,14)15)5-4-8(10)3-1-2-6-16/h4-5,7H,2H2. The Kier molecular flexibility index (Phi) is 4.25. The number of ether oxygens (including phenoxy) is 1. The highest BCUT2D eigenvalue weighted by atomic mass is 35.5. The fourth-order valence-corrected chi connectivity index (χ4v) is 1.19. The van der Waals surface area contributed by atoms with Gasteiger partial charge in [-0.15, -0.1) is 13.2 Å². The van der Waals surface area contributed by atoms with Crippen LogP contribution in [-0.2, 0) is 0 Å². The number of halogens is 4. The van der Waals surface area contributed by atoms with Gasteiger partial charge in [0, 0.05) is 11.6 Å². The molecule has 0 unspecified atom stereocenters. The highest BCUT2D eigenvalue weighted by Crippen LogP contribution is 2.27. The number of nitrogens with zero attached hydrogens (tertiary/aromatic N) is 1. The zero-order valence-electron chi connectivity index (χ0n) is 8.31. The average Bonchev–Trinajstić information content (AvgIpc) is 2.19. The average molecular weight is 260 g/mol. The molecule has 0 amide bonds. The molecule has 0 fully saturated rings.